The van der Waals surface area contributed by atoms with Crippen molar-refractivity contribution in [3.63, 3.8) is 0 Å². The number of hydrogen-bond acceptors (Lipinski definition) is 1. The molecular formula is C13H15N. The highest BCUT2D eigenvalue weighted by atomic mass is 14.6. The van der Waals surface area contributed by atoms with Gasteiger partial charge in [0.2, 0.25) is 0 Å². The second-order valence-electron chi connectivity index (χ2n) is 3.82. The monoisotopic (exact) mass is 185 g/mol. The number of allylic oxidation sites excluding steroid dienone is 3. The quantitative estimate of drug-likeness (QED) is 0.715. The molecule has 0 radical (unpaired) electrons. The number of hydrogen-bond donors (Lipinski definition) is 1. The normalized spacial score (nSPS) is 20.6. The van der Waals surface area contributed by atoms with Crippen LogP contribution in [0, 0.1) is 6.92 Å². The van der Waals surface area contributed by atoms with Crippen molar-refractivity contribution in [2.24, 2.45) is 5.73 Å². The van der Waals surface area contributed by atoms with Crippen LogP contribution in [0.4, 0.5) is 0 Å². The summed E-state index contributed by atoms with van der Waals surface area (Å²) in [7, 11) is 0. The largest absolute Gasteiger partial charge is 0.399 e. The van der Waals surface area contributed by atoms with Crippen molar-refractivity contribution < 1.29 is 0 Å². The highest BCUT2D eigenvalue weighted by molar-refractivity contribution is 5.33. The zero-order valence-corrected chi connectivity index (χ0v) is 8.40. The van der Waals surface area contributed by atoms with Gasteiger partial charge >= 0.3 is 0 Å². The van der Waals surface area contributed by atoms with Crippen LogP contribution in [0.1, 0.15) is 23.5 Å². The van der Waals surface area contributed by atoms with Crippen LogP contribution in [0.5, 0.6) is 0 Å². The molecule has 1 aliphatic rings. The van der Waals surface area contributed by atoms with Crippen molar-refractivity contribution in [2.75, 3.05) is 0 Å². The van der Waals surface area contributed by atoms with Crippen molar-refractivity contribution in [1.82, 2.24) is 0 Å². The topological polar surface area (TPSA) is 26.0 Å². The van der Waals surface area contributed by atoms with Gasteiger partial charge in [0.1, 0.15) is 0 Å². The molecule has 0 amide bonds. The molecule has 0 fully saturated rings. The second-order valence-corrected chi connectivity index (χ2v) is 3.82. The Morgan fingerprint density at radius 3 is 2.86 bits per heavy atom. The third-order valence-corrected chi connectivity index (χ3v) is 2.60. The fourth-order valence-corrected chi connectivity index (χ4v) is 1.78. The molecular weight excluding hydrogens is 170 g/mol. The van der Waals surface area contributed by atoms with Crippen molar-refractivity contribution in [3.8, 4) is 0 Å². The van der Waals surface area contributed by atoms with Gasteiger partial charge in [-0.15, -0.1) is 0 Å². The predicted octanol–water partition coefficient (Wildman–Crippen LogP) is 2.88. The van der Waals surface area contributed by atoms with Gasteiger partial charge in [0, 0.05) is 11.6 Å². The fraction of sp³-hybridized carbons (Fsp3) is 0.231. The lowest BCUT2D eigenvalue weighted by atomic mass is 9.91. The van der Waals surface area contributed by atoms with Crippen LogP contribution in [0.2, 0.25) is 0 Å². The summed E-state index contributed by atoms with van der Waals surface area (Å²) in [6.45, 7) is 2.13. The maximum atomic E-state index is 5.68. The SMILES string of the molecule is Cc1cccc(C2C=CC(N)=CC2)c1. The van der Waals surface area contributed by atoms with E-state index in [1.807, 2.05) is 6.08 Å². The lowest BCUT2D eigenvalue weighted by Gasteiger charge is -2.15. The summed E-state index contributed by atoms with van der Waals surface area (Å²) in [5.74, 6) is 0.502. The summed E-state index contributed by atoms with van der Waals surface area (Å²) in [6, 6.07) is 8.65. The molecule has 0 bridgehead atoms. The summed E-state index contributed by atoms with van der Waals surface area (Å²) >= 11 is 0. The van der Waals surface area contributed by atoms with Crippen LogP contribution in [-0.4, -0.2) is 0 Å². The molecule has 1 aromatic carbocycles. The Morgan fingerprint density at radius 2 is 2.21 bits per heavy atom. The van der Waals surface area contributed by atoms with Gasteiger partial charge in [0.15, 0.2) is 0 Å². The highest BCUT2D eigenvalue weighted by Gasteiger charge is 2.09. The Hall–Kier alpha value is -1.50. The summed E-state index contributed by atoms with van der Waals surface area (Å²) in [5, 5.41) is 0. The van der Waals surface area contributed by atoms with Gasteiger partial charge in [0.05, 0.1) is 0 Å². The zero-order valence-electron chi connectivity index (χ0n) is 8.40. The minimum Gasteiger partial charge on any atom is -0.399 e. The molecule has 1 nitrogen and oxygen atoms in total. The van der Waals surface area contributed by atoms with E-state index < -0.39 is 0 Å². The lowest BCUT2D eigenvalue weighted by Crippen LogP contribution is -2.03. The molecule has 1 atom stereocenters. The number of nitrogens with two attached hydrogens (primary N) is 1. The molecule has 0 spiro atoms. The fourth-order valence-electron chi connectivity index (χ4n) is 1.78. The summed E-state index contributed by atoms with van der Waals surface area (Å²) in [5.41, 5.74) is 9.26. The molecule has 2 rings (SSSR count). The smallest absolute Gasteiger partial charge is 0.0270 e. The molecule has 2 N–H and O–H groups in total. The molecule has 72 valence electrons. The molecule has 0 heterocycles. The summed E-state index contributed by atoms with van der Waals surface area (Å²) < 4.78 is 0. The van der Waals surface area contributed by atoms with Gasteiger partial charge in [-0.25, -0.2) is 0 Å². The van der Waals surface area contributed by atoms with Crippen LogP contribution in [0.25, 0.3) is 0 Å². The van der Waals surface area contributed by atoms with Crippen LogP contribution >= 0.6 is 0 Å². The number of benzene rings is 1. The first-order valence-electron chi connectivity index (χ1n) is 4.96. The third-order valence-electron chi connectivity index (χ3n) is 2.60. The molecule has 1 unspecified atom stereocenters. The van der Waals surface area contributed by atoms with Crippen LogP contribution in [-0.2, 0) is 0 Å². The van der Waals surface area contributed by atoms with Crippen molar-refractivity contribution in [3.05, 3.63) is 59.3 Å². The van der Waals surface area contributed by atoms with Gasteiger partial charge in [-0.05, 0) is 25.0 Å². The van der Waals surface area contributed by atoms with Crippen molar-refractivity contribution >= 4 is 0 Å². The molecule has 14 heavy (non-hydrogen) atoms. The third kappa shape index (κ3) is 1.87. The Bertz CT molecular complexity index is 388. The molecule has 0 aromatic heterocycles. The van der Waals surface area contributed by atoms with Crippen molar-refractivity contribution in [2.45, 2.75) is 19.3 Å². The average molecular weight is 185 g/mol. The highest BCUT2D eigenvalue weighted by Crippen LogP contribution is 2.25. The molecule has 1 aliphatic carbocycles. The molecule has 1 aromatic rings. The van der Waals surface area contributed by atoms with Gasteiger partial charge in [-0.3, -0.25) is 0 Å². The van der Waals surface area contributed by atoms with E-state index in [1.165, 1.54) is 11.1 Å². The average Bonchev–Trinajstić information content (AvgIpc) is 2.19. The maximum Gasteiger partial charge on any atom is 0.0270 e. The van der Waals surface area contributed by atoms with Gasteiger partial charge in [-0.1, -0.05) is 42.0 Å². The maximum absolute atomic E-state index is 5.68. The standard InChI is InChI=1S/C13H15N/c1-10-3-2-4-12(9-10)11-5-7-13(14)8-6-11/h2-5,7-9,11H,6,14H2,1H3. The summed E-state index contributed by atoms with van der Waals surface area (Å²) in [4.78, 5) is 0. The molecule has 0 saturated heterocycles. The first kappa shape index (κ1) is 9.07. The molecule has 0 aliphatic heterocycles. The van der Waals surface area contributed by atoms with E-state index in [2.05, 4.69) is 43.3 Å². The van der Waals surface area contributed by atoms with E-state index in [1.54, 1.807) is 0 Å². The lowest BCUT2D eigenvalue weighted by molar-refractivity contribution is 0.841. The Balaban J connectivity index is 2.22. The Labute approximate surface area is 84.9 Å². The first-order chi connectivity index (χ1) is 6.75. The number of aryl methyl sites for hydroxylation is 1. The second kappa shape index (κ2) is 3.70. The van der Waals surface area contributed by atoms with Gasteiger partial charge < -0.3 is 5.73 Å². The molecule has 0 saturated carbocycles. The first-order valence-corrected chi connectivity index (χ1v) is 4.96. The molecule has 1 heteroatoms. The zero-order chi connectivity index (χ0) is 9.97. The Morgan fingerprint density at radius 1 is 1.36 bits per heavy atom. The Kier molecular flexibility index (Phi) is 2.40. The van der Waals surface area contributed by atoms with Crippen LogP contribution in [0.15, 0.2) is 48.2 Å². The minimum atomic E-state index is 0.502. The predicted molar refractivity (Wildman–Crippen MR) is 59.9 cm³/mol. The van der Waals surface area contributed by atoms with Crippen molar-refractivity contribution in [1.29, 1.82) is 0 Å². The van der Waals surface area contributed by atoms with E-state index in [4.69, 9.17) is 5.73 Å². The number of rotatable bonds is 1. The van der Waals surface area contributed by atoms with Gasteiger partial charge in [0.25, 0.3) is 0 Å². The van der Waals surface area contributed by atoms with E-state index in [-0.39, 0.29) is 0 Å². The minimum absolute atomic E-state index is 0.502. The van der Waals surface area contributed by atoms with Crippen LogP contribution < -0.4 is 5.73 Å². The van der Waals surface area contributed by atoms with E-state index in [9.17, 15) is 0 Å². The van der Waals surface area contributed by atoms with E-state index in [0.29, 0.717) is 5.92 Å². The summed E-state index contributed by atoms with van der Waals surface area (Å²) in [6.07, 6.45) is 7.29. The van der Waals surface area contributed by atoms with Crippen LogP contribution in [0.3, 0.4) is 0 Å². The van der Waals surface area contributed by atoms with Gasteiger partial charge in [-0.2, -0.15) is 0 Å². The van der Waals surface area contributed by atoms with E-state index >= 15 is 0 Å². The van der Waals surface area contributed by atoms with E-state index in [0.717, 1.165) is 12.1 Å².